The van der Waals surface area contributed by atoms with Crippen LogP contribution in [0.15, 0.2) is 5.38 Å². The van der Waals surface area contributed by atoms with E-state index in [9.17, 15) is 13.2 Å². The summed E-state index contributed by atoms with van der Waals surface area (Å²) in [5.41, 5.74) is 0.514. The maximum absolute atomic E-state index is 11.5. The third-order valence-corrected chi connectivity index (χ3v) is 5.59. The molecule has 2 heterocycles. The average molecular weight is 275 g/mol. The fraction of sp³-hybridized carbons (Fsp3) is 0.600. The van der Waals surface area contributed by atoms with Gasteiger partial charge in [0.05, 0.1) is 28.6 Å². The van der Waals surface area contributed by atoms with Crippen molar-refractivity contribution in [3.63, 3.8) is 0 Å². The van der Waals surface area contributed by atoms with E-state index in [4.69, 9.17) is 5.11 Å². The van der Waals surface area contributed by atoms with E-state index in [1.807, 2.05) is 0 Å². The summed E-state index contributed by atoms with van der Waals surface area (Å²) in [5, 5.41) is 11.1. The number of hydrogen-bond acceptors (Lipinski definition) is 5. The Morgan fingerprint density at radius 1 is 1.59 bits per heavy atom. The molecule has 1 fully saturated rings. The highest BCUT2D eigenvalue weighted by molar-refractivity contribution is 7.91. The molecule has 0 bridgehead atoms. The third kappa shape index (κ3) is 3.26. The minimum Gasteiger partial charge on any atom is -0.481 e. The van der Waals surface area contributed by atoms with Crippen LogP contribution in [0.5, 0.6) is 0 Å². The van der Waals surface area contributed by atoms with E-state index in [2.05, 4.69) is 4.98 Å². The topological polar surface area (TPSA) is 84.3 Å². The van der Waals surface area contributed by atoms with Crippen molar-refractivity contribution in [2.24, 2.45) is 0 Å². The molecule has 0 amide bonds. The smallest absolute Gasteiger partial charge is 0.309 e. The van der Waals surface area contributed by atoms with E-state index in [1.165, 1.54) is 11.3 Å². The lowest BCUT2D eigenvalue weighted by molar-refractivity contribution is -0.136. The zero-order chi connectivity index (χ0) is 12.5. The Morgan fingerprint density at radius 2 is 2.35 bits per heavy atom. The zero-order valence-corrected chi connectivity index (χ0v) is 10.8. The van der Waals surface area contributed by atoms with Gasteiger partial charge in [-0.2, -0.15) is 0 Å². The molecule has 0 aliphatic carbocycles. The normalized spacial score (nSPS) is 23.4. The van der Waals surface area contributed by atoms with Crippen LogP contribution in [0.1, 0.15) is 29.5 Å². The number of carboxylic acid groups (broad SMARTS) is 1. The van der Waals surface area contributed by atoms with Crippen LogP contribution in [0.3, 0.4) is 0 Å². The number of thiazole rings is 1. The van der Waals surface area contributed by atoms with Crippen molar-refractivity contribution < 1.29 is 18.3 Å². The fourth-order valence-electron chi connectivity index (χ4n) is 1.96. The molecule has 1 atom stereocenters. The molecule has 0 saturated carbocycles. The standard InChI is InChI=1S/C10H13NO4S2/c12-9(13)4-8-5-16-10(11-8)7-2-1-3-17(14,15)6-7/h5,7H,1-4,6H2,(H,12,13). The maximum atomic E-state index is 11.5. The number of carbonyl (C=O) groups is 1. The average Bonchev–Trinajstić information content (AvgIpc) is 2.63. The molecule has 1 aliphatic rings. The van der Waals surface area contributed by atoms with E-state index in [0.29, 0.717) is 12.1 Å². The Hall–Kier alpha value is -0.950. The summed E-state index contributed by atoms with van der Waals surface area (Å²) in [6.45, 7) is 0. The molecule has 17 heavy (non-hydrogen) atoms. The highest BCUT2D eigenvalue weighted by Gasteiger charge is 2.27. The molecule has 0 radical (unpaired) electrons. The Kier molecular flexibility index (Phi) is 3.48. The van der Waals surface area contributed by atoms with Gasteiger partial charge in [0.25, 0.3) is 0 Å². The van der Waals surface area contributed by atoms with E-state index in [0.717, 1.165) is 11.4 Å². The fourth-order valence-corrected chi connectivity index (χ4v) is 4.74. The van der Waals surface area contributed by atoms with Crippen molar-refractivity contribution in [1.82, 2.24) is 4.98 Å². The number of aromatic nitrogens is 1. The highest BCUT2D eigenvalue weighted by atomic mass is 32.2. The summed E-state index contributed by atoms with van der Waals surface area (Å²) < 4.78 is 23.0. The van der Waals surface area contributed by atoms with Gasteiger partial charge in [-0.15, -0.1) is 11.3 Å². The van der Waals surface area contributed by atoms with Crippen molar-refractivity contribution in [1.29, 1.82) is 0 Å². The monoisotopic (exact) mass is 275 g/mol. The molecular weight excluding hydrogens is 262 g/mol. The van der Waals surface area contributed by atoms with Crippen LogP contribution in [-0.2, 0) is 21.1 Å². The summed E-state index contributed by atoms with van der Waals surface area (Å²) in [6, 6.07) is 0. The number of carboxylic acids is 1. The Bertz CT molecular complexity index is 520. The predicted molar refractivity (Wildman–Crippen MR) is 64.1 cm³/mol. The molecule has 0 spiro atoms. The predicted octanol–water partition coefficient (Wildman–Crippen LogP) is 1.06. The minimum absolute atomic E-state index is 0.0544. The van der Waals surface area contributed by atoms with Gasteiger partial charge in [-0.1, -0.05) is 0 Å². The third-order valence-electron chi connectivity index (χ3n) is 2.71. The number of rotatable bonds is 3. The number of nitrogens with zero attached hydrogens (tertiary/aromatic N) is 1. The molecule has 1 unspecified atom stereocenters. The first-order valence-corrected chi connectivity index (χ1v) is 8.03. The molecule has 5 nitrogen and oxygen atoms in total. The number of hydrogen-bond donors (Lipinski definition) is 1. The SMILES string of the molecule is O=C(O)Cc1csc(C2CCCS(=O)(=O)C2)n1. The van der Waals surface area contributed by atoms with Gasteiger partial charge in [0, 0.05) is 11.3 Å². The first-order chi connectivity index (χ1) is 7.96. The Morgan fingerprint density at radius 3 is 3.00 bits per heavy atom. The number of sulfone groups is 1. The molecule has 2 rings (SSSR count). The highest BCUT2D eigenvalue weighted by Crippen LogP contribution is 2.30. The molecule has 1 aromatic heterocycles. The Balaban J connectivity index is 2.12. The summed E-state index contributed by atoms with van der Waals surface area (Å²) in [6.07, 6.45) is 1.38. The van der Waals surface area contributed by atoms with E-state index in [1.54, 1.807) is 5.38 Å². The van der Waals surface area contributed by atoms with Crippen LogP contribution < -0.4 is 0 Å². The van der Waals surface area contributed by atoms with Crippen molar-refractivity contribution in [2.45, 2.75) is 25.2 Å². The van der Waals surface area contributed by atoms with Crippen LogP contribution in [0.25, 0.3) is 0 Å². The van der Waals surface area contributed by atoms with Gasteiger partial charge in [0.15, 0.2) is 9.84 Å². The van der Waals surface area contributed by atoms with Gasteiger partial charge in [0.1, 0.15) is 0 Å². The quantitative estimate of drug-likeness (QED) is 0.891. The van der Waals surface area contributed by atoms with Gasteiger partial charge in [0.2, 0.25) is 0 Å². The molecule has 94 valence electrons. The van der Waals surface area contributed by atoms with E-state index >= 15 is 0 Å². The lowest BCUT2D eigenvalue weighted by Gasteiger charge is -2.19. The molecule has 1 N–H and O–H groups in total. The lowest BCUT2D eigenvalue weighted by Crippen LogP contribution is -2.23. The lowest BCUT2D eigenvalue weighted by atomic mass is 10.1. The second-order valence-electron chi connectivity index (χ2n) is 4.20. The van der Waals surface area contributed by atoms with Crippen LogP contribution in [0.2, 0.25) is 0 Å². The molecule has 1 saturated heterocycles. The van der Waals surface area contributed by atoms with Gasteiger partial charge >= 0.3 is 5.97 Å². The van der Waals surface area contributed by atoms with Crippen LogP contribution in [0, 0.1) is 0 Å². The second kappa shape index (κ2) is 4.73. The molecule has 1 aromatic rings. The largest absolute Gasteiger partial charge is 0.481 e. The van der Waals surface area contributed by atoms with Gasteiger partial charge < -0.3 is 5.11 Å². The maximum Gasteiger partial charge on any atom is 0.309 e. The van der Waals surface area contributed by atoms with Gasteiger partial charge in [-0.25, -0.2) is 13.4 Å². The first-order valence-electron chi connectivity index (χ1n) is 5.33. The summed E-state index contributed by atoms with van der Waals surface area (Å²) in [5.74, 6) is -0.566. The van der Waals surface area contributed by atoms with Crippen LogP contribution in [0.4, 0.5) is 0 Å². The van der Waals surface area contributed by atoms with Crippen molar-refractivity contribution in [2.75, 3.05) is 11.5 Å². The number of aliphatic carboxylic acids is 1. The van der Waals surface area contributed by atoms with Gasteiger partial charge in [-0.3, -0.25) is 4.79 Å². The Labute approximate surface area is 103 Å². The van der Waals surface area contributed by atoms with E-state index < -0.39 is 15.8 Å². The zero-order valence-electron chi connectivity index (χ0n) is 9.13. The minimum atomic E-state index is -2.94. The summed E-state index contributed by atoms with van der Waals surface area (Å²) >= 11 is 1.36. The van der Waals surface area contributed by atoms with Crippen molar-refractivity contribution in [3.8, 4) is 0 Å². The first kappa shape index (κ1) is 12.5. The van der Waals surface area contributed by atoms with Crippen molar-refractivity contribution >= 4 is 27.1 Å². The van der Waals surface area contributed by atoms with Crippen LogP contribution >= 0.6 is 11.3 Å². The summed E-state index contributed by atoms with van der Waals surface area (Å²) in [4.78, 5) is 14.7. The molecule has 7 heteroatoms. The van der Waals surface area contributed by atoms with Crippen LogP contribution in [-0.4, -0.2) is 36.0 Å². The molecule has 1 aliphatic heterocycles. The summed E-state index contributed by atoms with van der Waals surface area (Å²) in [7, 11) is -2.94. The molecule has 0 aromatic carbocycles. The van der Waals surface area contributed by atoms with Gasteiger partial charge in [-0.05, 0) is 12.8 Å². The second-order valence-corrected chi connectivity index (χ2v) is 7.32. The molecular formula is C10H13NO4S2. The van der Waals surface area contributed by atoms with Crippen molar-refractivity contribution in [3.05, 3.63) is 16.1 Å². The van der Waals surface area contributed by atoms with E-state index in [-0.39, 0.29) is 23.8 Å².